The molecule has 1 heterocycles. The van der Waals surface area contributed by atoms with E-state index in [4.69, 9.17) is 21.1 Å². The summed E-state index contributed by atoms with van der Waals surface area (Å²) in [6, 6.07) is 16.0. The zero-order valence-corrected chi connectivity index (χ0v) is 20.2. The van der Waals surface area contributed by atoms with Crippen molar-refractivity contribution in [3.8, 4) is 11.5 Å². The maximum absolute atomic E-state index is 13.1. The van der Waals surface area contributed by atoms with Crippen LogP contribution in [-0.4, -0.2) is 29.4 Å². The summed E-state index contributed by atoms with van der Waals surface area (Å²) in [7, 11) is 0. The van der Waals surface area contributed by atoms with E-state index in [1.165, 1.54) is 42.5 Å². The first-order chi connectivity index (χ1) is 17.8. The Labute approximate surface area is 216 Å². The van der Waals surface area contributed by atoms with Gasteiger partial charge in [0.25, 0.3) is 17.5 Å². The number of non-ortho nitro benzene ring substituents is 1. The van der Waals surface area contributed by atoms with Crippen LogP contribution in [0.2, 0.25) is 5.02 Å². The van der Waals surface area contributed by atoms with Crippen molar-refractivity contribution < 1.29 is 28.8 Å². The molecule has 0 spiro atoms. The quantitative estimate of drug-likeness (QED) is 0.193. The molecule has 1 aliphatic heterocycles. The highest BCUT2D eigenvalue weighted by atomic mass is 35.5. The SMILES string of the molecule is CCOc1cc(/C=C2\C(=O)NC(=O)N(c3ccc(Cl)cc3)C2=O)ccc1OCc1ccc([N+](=O)[O-])cc1. The molecule has 11 heteroatoms. The molecule has 1 fully saturated rings. The maximum atomic E-state index is 13.1. The second kappa shape index (κ2) is 10.9. The van der Waals surface area contributed by atoms with E-state index in [1.54, 1.807) is 37.3 Å². The van der Waals surface area contributed by atoms with E-state index in [0.29, 0.717) is 28.7 Å². The molecule has 1 N–H and O–H groups in total. The predicted octanol–water partition coefficient (Wildman–Crippen LogP) is 4.89. The van der Waals surface area contributed by atoms with E-state index >= 15 is 0 Å². The smallest absolute Gasteiger partial charge is 0.335 e. The molecule has 1 aliphatic rings. The molecule has 4 amide bonds. The number of nitrogens with one attached hydrogen (secondary N) is 1. The summed E-state index contributed by atoms with van der Waals surface area (Å²) >= 11 is 5.89. The fraction of sp³-hybridized carbons (Fsp3) is 0.115. The Morgan fingerprint density at radius 3 is 2.32 bits per heavy atom. The van der Waals surface area contributed by atoms with Crippen molar-refractivity contribution in [3.05, 3.63) is 98.6 Å². The van der Waals surface area contributed by atoms with Crippen molar-refractivity contribution in [1.82, 2.24) is 5.32 Å². The third-order valence-electron chi connectivity index (χ3n) is 5.31. The minimum Gasteiger partial charge on any atom is -0.490 e. The Hall–Kier alpha value is -4.70. The van der Waals surface area contributed by atoms with Gasteiger partial charge in [-0.2, -0.15) is 0 Å². The molecule has 0 aromatic heterocycles. The number of carbonyl (C=O) groups excluding carboxylic acids is 3. The van der Waals surface area contributed by atoms with Crippen LogP contribution in [-0.2, 0) is 16.2 Å². The number of nitro groups is 1. The van der Waals surface area contributed by atoms with Crippen LogP contribution < -0.4 is 19.7 Å². The van der Waals surface area contributed by atoms with Crippen molar-refractivity contribution in [1.29, 1.82) is 0 Å². The molecular weight excluding hydrogens is 502 g/mol. The molecular formula is C26H20ClN3O7. The molecule has 0 bridgehead atoms. The number of nitro benzene ring substituents is 1. The minimum absolute atomic E-state index is 0.0197. The van der Waals surface area contributed by atoms with Gasteiger partial charge in [0.15, 0.2) is 11.5 Å². The van der Waals surface area contributed by atoms with Gasteiger partial charge in [0.1, 0.15) is 12.2 Å². The van der Waals surface area contributed by atoms with Crippen LogP contribution >= 0.6 is 11.6 Å². The lowest BCUT2D eigenvalue weighted by Crippen LogP contribution is -2.54. The second-order valence-corrected chi connectivity index (χ2v) is 8.22. The summed E-state index contributed by atoms with van der Waals surface area (Å²) in [6.07, 6.45) is 1.36. The van der Waals surface area contributed by atoms with Crippen molar-refractivity contribution in [2.75, 3.05) is 11.5 Å². The number of carbonyl (C=O) groups is 3. The molecule has 1 saturated heterocycles. The first kappa shape index (κ1) is 25.4. The number of imide groups is 2. The van der Waals surface area contributed by atoms with Gasteiger partial charge in [0.05, 0.1) is 17.2 Å². The number of hydrogen-bond acceptors (Lipinski definition) is 7. The molecule has 4 rings (SSSR count). The highest BCUT2D eigenvalue weighted by molar-refractivity contribution is 6.39. The summed E-state index contributed by atoms with van der Waals surface area (Å²) in [5.74, 6) is -0.836. The van der Waals surface area contributed by atoms with Gasteiger partial charge in [0.2, 0.25) is 0 Å². The largest absolute Gasteiger partial charge is 0.490 e. The molecule has 188 valence electrons. The van der Waals surface area contributed by atoms with Gasteiger partial charge in [0, 0.05) is 17.2 Å². The molecule has 0 atom stereocenters. The van der Waals surface area contributed by atoms with Crippen LogP contribution in [0, 0.1) is 10.1 Å². The van der Waals surface area contributed by atoms with Gasteiger partial charge in [-0.1, -0.05) is 17.7 Å². The standard InChI is InChI=1S/C26H20ClN3O7/c1-2-36-23-14-17(5-12-22(23)37-15-16-3-8-20(9-4-16)30(34)35)13-21-24(31)28-26(33)29(25(21)32)19-10-6-18(27)7-11-19/h3-14H,2,15H2,1H3,(H,28,31,33)/b21-13+. The third kappa shape index (κ3) is 5.76. The van der Waals surface area contributed by atoms with E-state index < -0.39 is 22.8 Å². The number of ether oxygens (including phenoxy) is 2. The van der Waals surface area contributed by atoms with Crippen molar-refractivity contribution in [2.24, 2.45) is 0 Å². The summed E-state index contributed by atoms with van der Waals surface area (Å²) in [5, 5.41) is 13.4. The molecule has 0 saturated carbocycles. The van der Waals surface area contributed by atoms with Crippen LogP contribution in [0.4, 0.5) is 16.2 Å². The fourth-order valence-corrected chi connectivity index (χ4v) is 3.65. The maximum Gasteiger partial charge on any atom is 0.335 e. The van der Waals surface area contributed by atoms with Crippen LogP contribution in [0.5, 0.6) is 11.5 Å². The molecule has 10 nitrogen and oxygen atoms in total. The zero-order valence-electron chi connectivity index (χ0n) is 19.5. The average molecular weight is 522 g/mol. The van der Waals surface area contributed by atoms with Crippen LogP contribution in [0.15, 0.2) is 72.3 Å². The Morgan fingerprint density at radius 1 is 0.973 bits per heavy atom. The second-order valence-electron chi connectivity index (χ2n) is 7.79. The van der Waals surface area contributed by atoms with Gasteiger partial charge in [-0.3, -0.25) is 25.0 Å². The lowest BCUT2D eigenvalue weighted by molar-refractivity contribution is -0.384. The van der Waals surface area contributed by atoms with Crippen molar-refractivity contribution in [3.63, 3.8) is 0 Å². The van der Waals surface area contributed by atoms with E-state index in [0.717, 1.165) is 10.5 Å². The summed E-state index contributed by atoms with van der Waals surface area (Å²) < 4.78 is 11.5. The van der Waals surface area contributed by atoms with E-state index in [2.05, 4.69) is 5.32 Å². The van der Waals surface area contributed by atoms with E-state index in [-0.39, 0.29) is 23.6 Å². The molecule has 0 radical (unpaired) electrons. The number of urea groups is 1. The number of amides is 4. The molecule has 0 unspecified atom stereocenters. The minimum atomic E-state index is -0.862. The van der Waals surface area contributed by atoms with Gasteiger partial charge >= 0.3 is 6.03 Å². The molecule has 3 aromatic rings. The van der Waals surface area contributed by atoms with Crippen molar-refractivity contribution in [2.45, 2.75) is 13.5 Å². The number of nitrogens with zero attached hydrogens (tertiary/aromatic N) is 2. The Bertz CT molecular complexity index is 1400. The fourth-order valence-electron chi connectivity index (χ4n) is 3.53. The zero-order chi connectivity index (χ0) is 26.5. The number of barbiturate groups is 1. The summed E-state index contributed by atoms with van der Waals surface area (Å²) in [6.45, 7) is 2.25. The van der Waals surface area contributed by atoms with E-state index in [1.807, 2.05) is 0 Å². The average Bonchev–Trinajstić information content (AvgIpc) is 2.87. The molecule has 37 heavy (non-hydrogen) atoms. The summed E-state index contributed by atoms with van der Waals surface area (Å²) in [4.78, 5) is 49.1. The Kier molecular flexibility index (Phi) is 7.49. The Balaban J connectivity index is 1.57. The summed E-state index contributed by atoms with van der Waals surface area (Å²) in [5.41, 5.74) is 1.19. The van der Waals surface area contributed by atoms with Gasteiger partial charge < -0.3 is 9.47 Å². The van der Waals surface area contributed by atoms with E-state index in [9.17, 15) is 24.5 Å². The number of anilines is 1. The molecule has 0 aliphatic carbocycles. The Morgan fingerprint density at radius 2 is 1.68 bits per heavy atom. The monoisotopic (exact) mass is 521 g/mol. The van der Waals surface area contributed by atoms with Gasteiger partial charge in [-0.05, 0) is 72.7 Å². The van der Waals surface area contributed by atoms with Crippen LogP contribution in [0.25, 0.3) is 6.08 Å². The van der Waals surface area contributed by atoms with Crippen LogP contribution in [0.3, 0.4) is 0 Å². The molecule has 3 aromatic carbocycles. The number of rotatable bonds is 8. The predicted molar refractivity (Wildman–Crippen MR) is 135 cm³/mol. The highest BCUT2D eigenvalue weighted by Gasteiger charge is 2.36. The van der Waals surface area contributed by atoms with Crippen LogP contribution in [0.1, 0.15) is 18.1 Å². The highest BCUT2D eigenvalue weighted by Crippen LogP contribution is 2.31. The lowest BCUT2D eigenvalue weighted by atomic mass is 10.1. The normalized spacial score (nSPS) is 14.5. The van der Waals surface area contributed by atoms with Crippen molar-refractivity contribution >= 4 is 46.9 Å². The number of hydrogen-bond donors (Lipinski definition) is 1. The first-order valence-electron chi connectivity index (χ1n) is 11.1. The van der Waals surface area contributed by atoms with Gasteiger partial charge in [-0.15, -0.1) is 0 Å². The lowest BCUT2D eigenvalue weighted by Gasteiger charge is -2.26. The van der Waals surface area contributed by atoms with Gasteiger partial charge in [-0.25, -0.2) is 9.69 Å². The third-order valence-corrected chi connectivity index (χ3v) is 5.56. The first-order valence-corrected chi connectivity index (χ1v) is 11.4. The number of benzene rings is 3. The topological polar surface area (TPSA) is 128 Å². The number of halogens is 1.